The van der Waals surface area contributed by atoms with Gasteiger partial charge in [0.2, 0.25) is 5.56 Å². The molecule has 0 aliphatic heterocycles. The van der Waals surface area contributed by atoms with Crippen molar-refractivity contribution in [2.45, 2.75) is 20.8 Å². The highest BCUT2D eigenvalue weighted by molar-refractivity contribution is 6.04. The minimum absolute atomic E-state index is 0.290. The van der Waals surface area contributed by atoms with Gasteiger partial charge in [0.15, 0.2) is 0 Å². The van der Waals surface area contributed by atoms with Gasteiger partial charge < -0.3 is 14.9 Å². The molecule has 1 amide bonds. The van der Waals surface area contributed by atoms with E-state index in [2.05, 4.69) is 15.3 Å². The Labute approximate surface area is 139 Å². The summed E-state index contributed by atoms with van der Waals surface area (Å²) in [7, 11) is 0. The number of aromatic nitrogens is 3. The third-order valence-corrected chi connectivity index (χ3v) is 3.90. The molecule has 6 heteroatoms. The Morgan fingerprint density at radius 3 is 2.42 bits per heavy atom. The summed E-state index contributed by atoms with van der Waals surface area (Å²) >= 11 is 0. The Balaban J connectivity index is 1.80. The molecule has 0 atom stereocenters. The van der Waals surface area contributed by atoms with Crippen LogP contribution in [0.3, 0.4) is 0 Å². The summed E-state index contributed by atoms with van der Waals surface area (Å²) in [5, 5.41) is 2.79. The standard InChI is InChI=1S/C18H18N4O2/c1-11-8-14(9-17(23)20-11)18(24)21-15-4-6-16(7-5-15)22-10-19-12(2)13(22)3/h4-10H,1-3H3,(H,20,23)(H,21,24). The highest BCUT2D eigenvalue weighted by Gasteiger charge is 2.09. The van der Waals surface area contributed by atoms with Gasteiger partial charge in [-0.2, -0.15) is 0 Å². The number of carbonyl (C=O) groups excluding carboxylic acids is 1. The van der Waals surface area contributed by atoms with E-state index in [4.69, 9.17) is 0 Å². The largest absolute Gasteiger partial charge is 0.326 e. The molecule has 0 aliphatic rings. The second kappa shape index (κ2) is 6.16. The van der Waals surface area contributed by atoms with E-state index >= 15 is 0 Å². The molecule has 3 rings (SSSR count). The topological polar surface area (TPSA) is 79.8 Å². The molecule has 6 nitrogen and oxygen atoms in total. The van der Waals surface area contributed by atoms with Crippen LogP contribution in [-0.4, -0.2) is 20.4 Å². The van der Waals surface area contributed by atoms with Gasteiger partial charge in [-0.15, -0.1) is 0 Å². The zero-order valence-electron chi connectivity index (χ0n) is 13.8. The minimum Gasteiger partial charge on any atom is -0.326 e. The number of hydrogen-bond acceptors (Lipinski definition) is 3. The number of carbonyl (C=O) groups is 1. The van der Waals surface area contributed by atoms with Gasteiger partial charge in [0.25, 0.3) is 5.91 Å². The molecule has 2 aromatic heterocycles. The van der Waals surface area contributed by atoms with Crippen LogP contribution in [0.15, 0.2) is 47.5 Å². The predicted octanol–water partition coefficient (Wildman–Crippen LogP) is 2.74. The first kappa shape index (κ1) is 15.7. The molecule has 0 bridgehead atoms. The molecule has 0 fully saturated rings. The van der Waals surface area contributed by atoms with Crippen LogP contribution in [0.2, 0.25) is 0 Å². The van der Waals surface area contributed by atoms with Crippen LogP contribution in [0.25, 0.3) is 5.69 Å². The number of aryl methyl sites for hydroxylation is 2. The number of anilines is 1. The van der Waals surface area contributed by atoms with E-state index in [-0.39, 0.29) is 11.5 Å². The molecule has 24 heavy (non-hydrogen) atoms. The quantitative estimate of drug-likeness (QED) is 0.778. The number of imidazole rings is 1. The first-order valence-electron chi connectivity index (χ1n) is 7.57. The summed E-state index contributed by atoms with van der Waals surface area (Å²) in [4.78, 5) is 30.6. The fourth-order valence-electron chi connectivity index (χ4n) is 2.48. The lowest BCUT2D eigenvalue weighted by Gasteiger charge is -2.09. The van der Waals surface area contributed by atoms with Crippen molar-refractivity contribution in [1.82, 2.24) is 14.5 Å². The molecule has 0 saturated heterocycles. The fourth-order valence-corrected chi connectivity index (χ4v) is 2.48. The van der Waals surface area contributed by atoms with Gasteiger partial charge in [-0.3, -0.25) is 9.59 Å². The lowest BCUT2D eigenvalue weighted by molar-refractivity contribution is 0.102. The highest BCUT2D eigenvalue weighted by Crippen LogP contribution is 2.17. The lowest BCUT2D eigenvalue weighted by atomic mass is 10.2. The zero-order chi connectivity index (χ0) is 17.3. The third-order valence-electron chi connectivity index (χ3n) is 3.90. The van der Waals surface area contributed by atoms with Crippen LogP contribution < -0.4 is 10.9 Å². The average Bonchev–Trinajstić information content (AvgIpc) is 2.87. The molecule has 0 unspecified atom stereocenters. The van der Waals surface area contributed by atoms with E-state index in [1.54, 1.807) is 19.3 Å². The number of H-pyrrole nitrogens is 1. The second-order valence-electron chi connectivity index (χ2n) is 5.70. The van der Waals surface area contributed by atoms with Gasteiger partial charge in [0, 0.05) is 34.4 Å². The molecule has 2 heterocycles. The maximum atomic E-state index is 12.3. The molecule has 3 aromatic rings. The predicted molar refractivity (Wildman–Crippen MR) is 92.8 cm³/mol. The number of pyridine rings is 1. The summed E-state index contributed by atoms with van der Waals surface area (Å²) in [6.07, 6.45) is 1.78. The number of hydrogen-bond donors (Lipinski definition) is 2. The molecule has 2 N–H and O–H groups in total. The summed E-state index contributed by atoms with van der Waals surface area (Å²) in [6.45, 7) is 5.71. The van der Waals surface area contributed by atoms with E-state index in [9.17, 15) is 9.59 Å². The Kier molecular flexibility index (Phi) is 4.04. The second-order valence-corrected chi connectivity index (χ2v) is 5.70. The Hall–Kier alpha value is -3.15. The van der Waals surface area contributed by atoms with Gasteiger partial charge >= 0.3 is 0 Å². The number of rotatable bonds is 3. The first-order chi connectivity index (χ1) is 11.4. The van der Waals surface area contributed by atoms with Crippen molar-refractivity contribution in [2.24, 2.45) is 0 Å². The molecule has 122 valence electrons. The molecular formula is C18H18N4O2. The van der Waals surface area contributed by atoms with Gasteiger partial charge in [0.1, 0.15) is 0 Å². The average molecular weight is 322 g/mol. The van der Waals surface area contributed by atoms with E-state index < -0.39 is 0 Å². The normalized spacial score (nSPS) is 10.6. The summed E-state index contributed by atoms with van der Waals surface area (Å²) in [5.74, 6) is -0.313. The molecule has 0 aliphatic carbocycles. The summed E-state index contributed by atoms with van der Waals surface area (Å²) in [5.41, 5.74) is 4.38. The number of aromatic amines is 1. The number of amides is 1. The molecule has 0 saturated carbocycles. The van der Waals surface area contributed by atoms with E-state index in [0.717, 1.165) is 17.1 Å². The first-order valence-corrected chi connectivity index (χ1v) is 7.57. The van der Waals surface area contributed by atoms with Gasteiger partial charge in [-0.05, 0) is 51.1 Å². The molecule has 0 radical (unpaired) electrons. The van der Waals surface area contributed by atoms with E-state index in [1.807, 2.05) is 42.7 Å². The van der Waals surface area contributed by atoms with Crippen molar-refractivity contribution in [3.05, 3.63) is 75.7 Å². The van der Waals surface area contributed by atoms with Gasteiger partial charge in [0.05, 0.1) is 12.0 Å². The van der Waals surface area contributed by atoms with E-state index in [1.165, 1.54) is 6.07 Å². The monoisotopic (exact) mass is 322 g/mol. The van der Waals surface area contributed by atoms with Crippen LogP contribution in [-0.2, 0) is 0 Å². The van der Waals surface area contributed by atoms with Crippen molar-refractivity contribution >= 4 is 11.6 Å². The number of nitrogens with one attached hydrogen (secondary N) is 2. The van der Waals surface area contributed by atoms with Crippen molar-refractivity contribution < 1.29 is 4.79 Å². The highest BCUT2D eigenvalue weighted by atomic mass is 16.2. The minimum atomic E-state index is -0.313. The van der Waals surface area contributed by atoms with Crippen LogP contribution >= 0.6 is 0 Å². The number of nitrogens with zero attached hydrogens (tertiary/aromatic N) is 2. The molecular weight excluding hydrogens is 304 g/mol. The van der Waals surface area contributed by atoms with E-state index in [0.29, 0.717) is 16.9 Å². The van der Waals surface area contributed by atoms with Crippen molar-refractivity contribution in [2.75, 3.05) is 5.32 Å². The Morgan fingerprint density at radius 1 is 1.12 bits per heavy atom. The van der Waals surface area contributed by atoms with Crippen molar-refractivity contribution in [3.8, 4) is 5.69 Å². The van der Waals surface area contributed by atoms with Crippen LogP contribution in [0.4, 0.5) is 5.69 Å². The van der Waals surface area contributed by atoms with Gasteiger partial charge in [-0.25, -0.2) is 4.98 Å². The Morgan fingerprint density at radius 2 is 1.83 bits per heavy atom. The Bertz CT molecular complexity index is 952. The van der Waals surface area contributed by atoms with Crippen molar-refractivity contribution in [3.63, 3.8) is 0 Å². The van der Waals surface area contributed by atoms with Gasteiger partial charge in [-0.1, -0.05) is 0 Å². The zero-order valence-corrected chi connectivity index (χ0v) is 13.8. The van der Waals surface area contributed by atoms with Crippen molar-refractivity contribution in [1.29, 1.82) is 0 Å². The summed E-state index contributed by atoms with van der Waals surface area (Å²) < 4.78 is 1.99. The SMILES string of the molecule is Cc1cc(C(=O)Nc2ccc(-n3cnc(C)c3C)cc2)cc(=O)[nH]1. The van der Waals surface area contributed by atoms with Crippen LogP contribution in [0.1, 0.15) is 27.4 Å². The maximum Gasteiger partial charge on any atom is 0.255 e. The molecule has 1 aromatic carbocycles. The van der Waals surface area contributed by atoms with Crippen LogP contribution in [0, 0.1) is 20.8 Å². The third kappa shape index (κ3) is 3.12. The number of benzene rings is 1. The lowest BCUT2D eigenvalue weighted by Crippen LogP contribution is -2.16. The fraction of sp³-hybridized carbons (Fsp3) is 0.167. The summed E-state index contributed by atoms with van der Waals surface area (Å²) in [6, 6.07) is 10.4. The van der Waals surface area contributed by atoms with Crippen LogP contribution in [0.5, 0.6) is 0 Å². The maximum absolute atomic E-state index is 12.3. The molecule has 0 spiro atoms. The smallest absolute Gasteiger partial charge is 0.255 e.